The predicted molar refractivity (Wildman–Crippen MR) is 74.3 cm³/mol. The Balaban J connectivity index is 2.96. The Morgan fingerprint density at radius 2 is 2.21 bits per heavy atom. The number of hydrogen-bond donors (Lipinski definition) is 1. The summed E-state index contributed by atoms with van der Waals surface area (Å²) in [7, 11) is 1.69. The van der Waals surface area contributed by atoms with Crippen LogP contribution in [0.25, 0.3) is 0 Å². The van der Waals surface area contributed by atoms with Gasteiger partial charge in [0.2, 0.25) is 0 Å². The van der Waals surface area contributed by atoms with Crippen molar-refractivity contribution in [1.29, 1.82) is 5.26 Å². The smallest absolute Gasteiger partial charge is 0.253 e. The third kappa shape index (κ3) is 4.13. The van der Waals surface area contributed by atoms with E-state index in [1.54, 1.807) is 19.2 Å². The van der Waals surface area contributed by atoms with Gasteiger partial charge in [0.25, 0.3) is 5.91 Å². The van der Waals surface area contributed by atoms with Crippen LogP contribution in [0.5, 0.6) is 0 Å². The first-order chi connectivity index (χ1) is 9.10. The largest absolute Gasteiger partial charge is 0.341 e. The Morgan fingerprint density at radius 1 is 1.47 bits per heavy atom. The predicted octanol–water partition coefficient (Wildman–Crippen LogP) is 1.29. The highest BCUT2D eigenvalue weighted by molar-refractivity contribution is 5.94. The summed E-state index contributed by atoms with van der Waals surface area (Å²) in [5, 5.41) is 8.53. The third-order valence-corrected chi connectivity index (χ3v) is 2.72. The van der Waals surface area contributed by atoms with Crippen molar-refractivity contribution in [3.05, 3.63) is 34.9 Å². The number of carbonyl (C=O) groups excluding carboxylic acids is 1. The molecule has 0 aliphatic carbocycles. The minimum atomic E-state index is -0.106. The fourth-order valence-corrected chi connectivity index (χ4v) is 1.58. The van der Waals surface area contributed by atoms with E-state index in [4.69, 9.17) is 11.0 Å². The first-order valence-corrected chi connectivity index (χ1v) is 6.02. The van der Waals surface area contributed by atoms with Crippen molar-refractivity contribution in [2.45, 2.75) is 13.3 Å². The third-order valence-electron chi connectivity index (χ3n) is 2.72. The lowest BCUT2D eigenvalue weighted by molar-refractivity contribution is 0.0798. The first-order valence-electron chi connectivity index (χ1n) is 6.02. The summed E-state index contributed by atoms with van der Waals surface area (Å²) in [4.78, 5) is 13.7. The average Bonchev–Trinajstić information content (AvgIpc) is 2.43. The fraction of sp³-hybridized carbons (Fsp3) is 0.333. The van der Waals surface area contributed by atoms with E-state index in [1.165, 1.54) is 4.90 Å². The first kappa shape index (κ1) is 14.8. The number of carbonyl (C=O) groups is 1. The summed E-state index contributed by atoms with van der Waals surface area (Å²) in [6, 6.07) is 7.43. The van der Waals surface area contributed by atoms with Crippen molar-refractivity contribution in [2.75, 3.05) is 20.1 Å². The number of rotatable bonds is 3. The zero-order valence-corrected chi connectivity index (χ0v) is 11.2. The number of nitrogens with two attached hydrogens (primary N) is 1. The molecule has 19 heavy (non-hydrogen) atoms. The van der Waals surface area contributed by atoms with Crippen LogP contribution in [0.15, 0.2) is 18.2 Å². The second-order valence-corrected chi connectivity index (χ2v) is 4.17. The van der Waals surface area contributed by atoms with E-state index in [1.807, 2.05) is 19.1 Å². The van der Waals surface area contributed by atoms with Crippen LogP contribution >= 0.6 is 0 Å². The van der Waals surface area contributed by atoms with Crippen LogP contribution in [0.2, 0.25) is 0 Å². The van der Waals surface area contributed by atoms with E-state index in [-0.39, 0.29) is 5.91 Å². The molecule has 98 valence electrons. The molecule has 0 aromatic heterocycles. The average molecular weight is 255 g/mol. The standard InChI is InChI=1S/C15H17N3O/c1-12-6-7-14(11-13(12)5-3-8-16)15(19)18(2)10-4-9-17/h6-7,11H,4,8,10,16H2,1-2H3. The number of aryl methyl sites for hydroxylation is 1. The van der Waals surface area contributed by atoms with Gasteiger partial charge in [0.05, 0.1) is 19.0 Å². The number of amides is 1. The monoisotopic (exact) mass is 255 g/mol. The second kappa shape index (κ2) is 7.20. The summed E-state index contributed by atoms with van der Waals surface area (Å²) in [5.41, 5.74) is 7.75. The molecular weight excluding hydrogens is 238 g/mol. The molecule has 0 aliphatic heterocycles. The van der Waals surface area contributed by atoms with Gasteiger partial charge in [-0.2, -0.15) is 5.26 Å². The SMILES string of the molecule is Cc1ccc(C(=O)N(C)CCC#N)cc1C#CCN. The van der Waals surface area contributed by atoms with Gasteiger partial charge in [-0.15, -0.1) is 0 Å². The summed E-state index contributed by atoms with van der Waals surface area (Å²) in [6.07, 6.45) is 0.327. The number of hydrogen-bond acceptors (Lipinski definition) is 3. The molecular formula is C15H17N3O. The molecule has 0 bridgehead atoms. The Hall–Kier alpha value is -2.30. The van der Waals surface area contributed by atoms with Crippen molar-refractivity contribution in [2.24, 2.45) is 5.73 Å². The van der Waals surface area contributed by atoms with Gasteiger partial charge < -0.3 is 10.6 Å². The number of nitriles is 1. The van der Waals surface area contributed by atoms with Crippen LogP contribution in [-0.4, -0.2) is 30.9 Å². The molecule has 0 fully saturated rings. The Morgan fingerprint density at radius 3 is 2.84 bits per heavy atom. The molecule has 2 N–H and O–H groups in total. The second-order valence-electron chi connectivity index (χ2n) is 4.17. The van der Waals surface area contributed by atoms with Crippen molar-refractivity contribution in [3.8, 4) is 17.9 Å². The van der Waals surface area contributed by atoms with Crippen LogP contribution in [0.3, 0.4) is 0 Å². The maximum absolute atomic E-state index is 12.1. The number of benzene rings is 1. The Bertz CT molecular complexity index is 561. The summed E-state index contributed by atoms with van der Waals surface area (Å²) >= 11 is 0. The molecule has 0 unspecified atom stereocenters. The Kier molecular flexibility index (Phi) is 5.60. The van der Waals surface area contributed by atoms with Crippen LogP contribution in [0.4, 0.5) is 0 Å². The van der Waals surface area contributed by atoms with Crippen LogP contribution in [-0.2, 0) is 0 Å². The van der Waals surface area contributed by atoms with Gasteiger partial charge in [-0.05, 0) is 24.6 Å². The maximum atomic E-state index is 12.1. The normalized spacial score (nSPS) is 9.16. The molecule has 0 saturated carbocycles. The van der Waals surface area contributed by atoms with Gasteiger partial charge in [-0.25, -0.2) is 0 Å². The lowest BCUT2D eigenvalue weighted by atomic mass is 10.0. The molecule has 0 radical (unpaired) electrons. The molecule has 0 heterocycles. The lowest BCUT2D eigenvalue weighted by Crippen LogP contribution is -2.27. The lowest BCUT2D eigenvalue weighted by Gasteiger charge is -2.15. The van der Waals surface area contributed by atoms with Gasteiger partial charge in [0.1, 0.15) is 0 Å². The van der Waals surface area contributed by atoms with E-state index in [2.05, 4.69) is 11.8 Å². The quantitative estimate of drug-likeness (QED) is 0.827. The van der Waals surface area contributed by atoms with Crippen LogP contribution in [0.1, 0.15) is 27.9 Å². The van der Waals surface area contributed by atoms with Gasteiger partial charge in [-0.3, -0.25) is 4.79 Å². The number of nitrogens with zero attached hydrogens (tertiary/aromatic N) is 2. The highest BCUT2D eigenvalue weighted by atomic mass is 16.2. The van der Waals surface area contributed by atoms with Gasteiger partial charge in [0, 0.05) is 24.7 Å². The molecule has 1 amide bonds. The highest BCUT2D eigenvalue weighted by Gasteiger charge is 2.12. The van der Waals surface area contributed by atoms with Crippen LogP contribution < -0.4 is 5.73 Å². The molecule has 1 rings (SSSR count). The fourth-order valence-electron chi connectivity index (χ4n) is 1.58. The van der Waals surface area contributed by atoms with E-state index in [0.717, 1.165) is 11.1 Å². The van der Waals surface area contributed by atoms with Gasteiger partial charge in [-0.1, -0.05) is 17.9 Å². The van der Waals surface area contributed by atoms with E-state index in [0.29, 0.717) is 25.1 Å². The molecule has 4 nitrogen and oxygen atoms in total. The van der Waals surface area contributed by atoms with Crippen molar-refractivity contribution in [1.82, 2.24) is 4.90 Å². The minimum absolute atomic E-state index is 0.106. The molecule has 0 spiro atoms. The summed E-state index contributed by atoms with van der Waals surface area (Å²) < 4.78 is 0. The van der Waals surface area contributed by atoms with E-state index in [9.17, 15) is 4.79 Å². The van der Waals surface area contributed by atoms with E-state index >= 15 is 0 Å². The maximum Gasteiger partial charge on any atom is 0.253 e. The molecule has 1 aromatic carbocycles. The molecule has 4 heteroatoms. The van der Waals surface area contributed by atoms with Gasteiger partial charge in [0.15, 0.2) is 0 Å². The minimum Gasteiger partial charge on any atom is -0.341 e. The highest BCUT2D eigenvalue weighted by Crippen LogP contribution is 2.12. The summed E-state index contributed by atoms with van der Waals surface area (Å²) in [6.45, 7) is 2.65. The summed E-state index contributed by atoms with van der Waals surface area (Å²) in [5.74, 6) is 5.63. The Labute approximate surface area is 113 Å². The van der Waals surface area contributed by atoms with Gasteiger partial charge >= 0.3 is 0 Å². The van der Waals surface area contributed by atoms with Crippen molar-refractivity contribution < 1.29 is 4.79 Å². The molecule has 1 aromatic rings. The zero-order valence-electron chi connectivity index (χ0n) is 11.2. The topological polar surface area (TPSA) is 70.1 Å². The van der Waals surface area contributed by atoms with Crippen LogP contribution in [0, 0.1) is 30.1 Å². The molecule has 0 aliphatic rings. The van der Waals surface area contributed by atoms with E-state index < -0.39 is 0 Å². The zero-order chi connectivity index (χ0) is 14.3. The molecule has 0 atom stereocenters. The molecule has 0 saturated heterocycles. The van der Waals surface area contributed by atoms with Crippen molar-refractivity contribution in [3.63, 3.8) is 0 Å². The van der Waals surface area contributed by atoms with Crippen molar-refractivity contribution >= 4 is 5.91 Å².